The van der Waals surface area contributed by atoms with Gasteiger partial charge in [-0.1, -0.05) is 13.8 Å². The maximum Gasteiger partial charge on any atom is 0.171 e. The largest absolute Gasteiger partial charge is 0.515 e. The molecule has 106 valence electrons. The molecule has 4 nitrogen and oxygen atoms in total. The Morgan fingerprint density at radius 1 is 1.32 bits per heavy atom. The summed E-state index contributed by atoms with van der Waals surface area (Å²) in [5, 5.41) is 9.20. The maximum absolute atomic E-state index is 12.6. The van der Waals surface area contributed by atoms with Crippen LogP contribution in [0.5, 0.6) is 0 Å². The van der Waals surface area contributed by atoms with Gasteiger partial charge in [0.2, 0.25) is 0 Å². The molecule has 3 aliphatic rings. The highest BCUT2D eigenvalue weighted by molar-refractivity contribution is 6.00. The summed E-state index contributed by atoms with van der Waals surface area (Å²) in [5.74, 6) is 0.143. The number of ketones is 1. The monoisotopic (exact) mass is 266 g/mol. The Morgan fingerprint density at radius 2 is 2.00 bits per heavy atom. The van der Waals surface area contributed by atoms with Gasteiger partial charge in [-0.15, -0.1) is 0 Å². The predicted molar refractivity (Wildman–Crippen MR) is 69.6 cm³/mol. The van der Waals surface area contributed by atoms with Crippen molar-refractivity contribution in [1.29, 1.82) is 0 Å². The second-order valence-electron chi connectivity index (χ2n) is 6.34. The molecular formula is C15H22O4. The van der Waals surface area contributed by atoms with Gasteiger partial charge >= 0.3 is 0 Å². The highest BCUT2D eigenvalue weighted by Gasteiger charge is 2.59. The van der Waals surface area contributed by atoms with Crippen LogP contribution in [0.25, 0.3) is 0 Å². The van der Waals surface area contributed by atoms with Gasteiger partial charge in [0.15, 0.2) is 11.6 Å². The van der Waals surface area contributed by atoms with E-state index in [9.17, 15) is 9.90 Å². The van der Waals surface area contributed by atoms with Crippen molar-refractivity contribution >= 4 is 5.78 Å². The van der Waals surface area contributed by atoms with E-state index in [0.29, 0.717) is 25.2 Å². The summed E-state index contributed by atoms with van der Waals surface area (Å²) in [6, 6.07) is 0. The lowest BCUT2D eigenvalue weighted by atomic mass is 9.54. The Balaban J connectivity index is 1.92. The second kappa shape index (κ2) is 4.32. The van der Waals surface area contributed by atoms with E-state index in [-0.39, 0.29) is 23.0 Å². The maximum atomic E-state index is 12.6. The SMILES string of the molecule is C[C@@H]1[C@H]2CC/C(=C/O)C(=O)[C@]2(C)CCC12OCCO2. The summed E-state index contributed by atoms with van der Waals surface area (Å²) < 4.78 is 11.8. The molecule has 0 amide bonds. The van der Waals surface area contributed by atoms with Crippen LogP contribution in [-0.4, -0.2) is 29.9 Å². The van der Waals surface area contributed by atoms with Gasteiger partial charge in [-0.05, 0) is 25.2 Å². The van der Waals surface area contributed by atoms with Crippen LogP contribution < -0.4 is 0 Å². The summed E-state index contributed by atoms with van der Waals surface area (Å²) in [4.78, 5) is 12.6. The Labute approximate surface area is 113 Å². The standard InChI is InChI=1S/C15H22O4/c1-10-12-4-3-11(9-16)13(17)14(12,2)5-6-15(10)18-7-8-19-15/h9-10,12,16H,3-8H2,1-2H3/b11-9-/t10-,12-,14-/m1/s1. The van der Waals surface area contributed by atoms with E-state index in [1.54, 1.807) is 0 Å². The zero-order chi connectivity index (χ0) is 13.7. The fraction of sp³-hybridized carbons (Fsp3) is 0.800. The fourth-order valence-electron chi connectivity index (χ4n) is 4.35. The first-order valence-corrected chi connectivity index (χ1v) is 7.19. The highest BCUT2D eigenvalue weighted by atomic mass is 16.7. The van der Waals surface area contributed by atoms with Crippen molar-refractivity contribution in [3.05, 3.63) is 11.8 Å². The molecule has 0 aromatic heterocycles. The van der Waals surface area contributed by atoms with Crippen molar-refractivity contribution in [3.63, 3.8) is 0 Å². The molecule has 1 aliphatic heterocycles. The quantitative estimate of drug-likeness (QED) is 0.541. The molecule has 4 heteroatoms. The van der Waals surface area contributed by atoms with Crippen molar-refractivity contribution < 1.29 is 19.4 Å². The molecule has 0 aromatic carbocycles. The number of rotatable bonds is 0. The first-order valence-electron chi connectivity index (χ1n) is 7.19. The number of fused-ring (bicyclic) bond motifs is 1. The number of aliphatic hydroxyl groups is 1. The number of carbonyl (C=O) groups is 1. The van der Waals surface area contributed by atoms with Crippen LogP contribution in [0, 0.1) is 17.3 Å². The topological polar surface area (TPSA) is 55.8 Å². The molecule has 3 atom stereocenters. The lowest BCUT2D eigenvalue weighted by Crippen LogP contribution is -2.56. The fourth-order valence-corrected chi connectivity index (χ4v) is 4.35. The van der Waals surface area contributed by atoms with E-state index in [0.717, 1.165) is 25.5 Å². The lowest BCUT2D eigenvalue weighted by Gasteiger charge is -2.53. The minimum absolute atomic E-state index is 0.117. The molecule has 0 bridgehead atoms. The summed E-state index contributed by atoms with van der Waals surface area (Å²) in [6.45, 7) is 5.50. The van der Waals surface area contributed by atoms with Gasteiger partial charge in [0.25, 0.3) is 0 Å². The number of allylic oxidation sites excluding steroid dienone is 1. The Kier molecular flexibility index (Phi) is 2.98. The van der Waals surface area contributed by atoms with Gasteiger partial charge < -0.3 is 14.6 Å². The van der Waals surface area contributed by atoms with Gasteiger partial charge in [0.05, 0.1) is 19.5 Å². The van der Waals surface area contributed by atoms with Gasteiger partial charge in [-0.2, -0.15) is 0 Å². The number of ether oxygens (including phenoxy) is 2. The Morgan fingerprint density at radius 3 is 2.63 bits per heavy atom. The van der Waals surface area contributed by atoms with Gasteiger partial charge in [-0.3, -0.25) is 4.79 Å². The van der Waals surface area contributed by atoms with E-state index >= 15 is 0 Å². The van der Waals surface area contributed by atoms with Crippen molar-refractivity contribution in [1.82, 2.24) is 0 Å². The van der Waals surface area contributed by atoms with Gasteiger partial charge in [0.1, 0.15) is 0 Å². The van der Waals surface area contributed by atoms with Crippen LogP contribution in [0.1, 0.15) is 39.5 Å². The molecule has 2 saturated carbocycles. The number of aliphatic hydroxyl groups excluding tert-OH is 1. The zero-order valence-corrected chi connectivity index (χ0v) is 11.6. The van der Waals surface area contributed by atoms with E-state index in [4.69, 9.17) is 9.47 Å². The van der Waals surface area contributed by atoms with Crippen LogP contribution >= 0.6 is 0 Å². The first-order chi connectivity index (χ1) is 9.03. The Bertz CT molecular complexity index is 422. The van der Waals surface area contributed by atoms with E-state index < -0.39 is 5.79 Å². The molecule has 0 aromatic rings. The number of carbonyl (C=O) groups excluding carboxylic acids is 1. The molecular weight excluding hydrogens is 244 g/mol. The average molecular weight is 266 g/mol. The van der Waals surface area contributed by atoms with Crippen LogP contribution in [0.3, 0.4) is 0 Å². The van der Waals surface area contributed by atoms with Crippen LogP contribution in [0.4, 0.5) is 0 Å². The zero-order valence-electron chi connectivity index (χ0n) is 11.6. The van der Waals surface area contributed by atoms with Crippen LogP contribution in [0.15, 0.2) is 11.8 Å². The van der Waals surface area contributed by atoms with Crippen molar-refractivity contribution in [2.75, 3.05) is 13.2 Å². The van der Waals surface area contributed by atoms with Crippen molar-refractivity contribution in [2.45, 2.75) is 45.3 Å². The van der Waals surface area contributed by atoms with Crippen LogP contribution in [0.2, 0.25) is 0 Å². The van der Waals surface area contributed by atoms with E-state index in [1.807, 2.05) is 6.92 Å². The highest BCUT2D eigenvalue weighted by Crippen LogP contribution is 2.56. The van der Waals surface area contributed by atoms with Gasteiger partial charge in [-0.25, -0.2) is 0 Å². The summed E-state index contributed by atoms with van der Waals surface area (Å²) in [7, 11) is 0. The van der Waals surface area contributed by atoms with E-state index in [2.05, 4.69) is 6.92 Å². The van der Waals surface area contributed by atoms with Gasteiger partial charge in [0, 0.05) is 23.3 Å². The molecule has 2 aliphatic carbocycles. The molecule has 1 saturated heterocycles. The van der Waals surface area contributed by atoms with Crippen molar-refractivity contribution in [3.8, 4) is 0 Å². The summed E-state index contributed by atoms with van der Waals surface area (Å²) in [6.07, 6.45) is 4.13. The number of hydrogen-bond donors (Lipinski definition) is 1. The van der Waals surface area contributed by atoms with E-state index in [1.165, 1.54) is 0 Å². The molecule has 19 heavy (non-hydrogen) atoms. The minimum atomic E-state index is -0.467. The third-order valence-electron chi connectivity index (χ3n) is 5.58. The summed E-state index contributed by atoms with van der Waals surface area (Å²) in [5.41, 5.74) is 0.211. The van der Waals surface area contributed by atoms with Crippen molar-refractivity contribution in [2.24, 2.45) is 17.3 Å². The normalized spacial score (nSPS) is 43.7. The molecule has 1 N–H and O–H groups in total. The molecule has 1 heterocycles. The number of Topliss-reactive ketones (excluding diaryl/α,β-unsaturated/α-hetero) is 1. The summed E-state index contributed by atoms with van der Waals surface area (Å²) >= 11 is 0. The molecule has 3 fully saturated rings. The predicted octanol–water partition coefficient (Wildman–Crippen LogP) is 2.59. The molecule has 1 spiro atoms. The third kappa shape index (κ3) is 1.69. The first kappa shape index (κ1) is 13.1. The Hall–Kier alpha value is -0.870. The lowest BCUT2D eigenvalue weighted by molar-refractivity contribution is -0.241. The molecule has 0 radical (unpaired) electrons. The smallest absolute Gasteiger partial charge is 0.171 e. The third-order valence-corrected chi connectivity index (χ3v) is 5.58. The molecule has 0 unspecified atom stereocenters. The van der Waals surface area contributed by atoms with Crippen LogP contribution in [-0.2, 0) is 14.3 Å². The minimum Gasteiger partial charge on any atom is -0.515 e. The second-order valence-corrected chi connectivity index (χ2v) is 6.34. The molecule has 3 rings (SSSR count). The average Bonchev–Trinajstić information content (AvgIpc) is 2.88. The number of hydrogen-bond acceptors (Lipinski definition) is 4.